The van der Waals surface area contributed by atoms with E-state index in [9.17, 15) is 4.79 Å². The molecule has 0 bridgehead atoms. The Bertz CT molecular complexity index is 385. The average molecular weight is 230 g/mol. The number of ketones is 1. The molecule has 0 amide bonds. The maximum Gasteiger partial charge on any atom is 0.159 e. The Labute approximate surface area is 105 Å². The molecule has 0 radical (unpaired) electrons. The molecule has 0 aliphatic carbocycles. The summed E-state index contributed by atoms with van der Waals surface area (Å²) in [4.78, 5) is 12.1. The Kier molecular flexibility index (Phi) is 5.14. The molecule has 0 saturated heterocycles. The number of rotatable bonds is 5. The molecule has 0 spiro atoms. The zero-order valence-corrected chi connectivity index (χ0v) is 11.2. The largest absolute Gasteiger partial charge is 0.295 e. The summed E-state index contributed by atoms with van der Waals surface area (Å²) in [6.45, 7) is 8.32. The fourth-order valence-electron chi connectivity index (χ4n) is 1.79. The van der Waals surface area contributed by atoms with Crippen LogP contribution in [0.5, 0.6) is 0 Å². The summed E-state index contributed by atoms with van der Waals surface area (Å²) in [6, 6.07) is 10.0. The van der Waals surface area contributed by atoms with Gasteiger partial charge in [0.2, 0.25) is 0 Å². The van der Waals surface area contributed by atoms with Crippen LogP contribution in [-0.2, 0) is 4.79 Å². The monoisotopic (exact) mass is 230 g/mol. The Morgan fingerprint density at radius 2 is 1.71 bits per heavy atom. The smallest absolute Gasteiger partial charge is 0.159 e. The zero-order valence-electron chi connectivity index (χ0n) is 11.2. The standard InChI is InChI=1S/C16H22O/c1-12(2)10-16(17)15(13(3)4)11-14-8-6-5-7-9-14/h5-9,11-13H,10H2,1-4H3. The van der Waals surface area contributed by atoms with Crippen LogP contribution in [0.15, 0.2) is 35.9 Å². The zero-order chi connectivity index (χ0) is 12.8. The summed E-state index contributed by atoms with van der Waals surface area (Å²) in [5.74, 6) is 0.973. The topological polar surface area (TPSA) is 17.1 Å². The summed E-state index contributed by atoms with van der Waals surface area (Å²) < 4.78 is 0. The van der Waals surface area contributed by atoms with Crippen molar-refractivity contribution in [2.24, 2.45) is 11.8 Å². The predicted molar refractivity (Wildman–Crippen MR) is 73.7 cm³/mol. The van der Waals surface area contributed by atoms with Crippen molar-refractivity contribution in [1.82, 2.24) is 0 Å². The molecule has 1 aromatic carbocycles. The molecule has 0 fully saturated rings. The minimum Gasteiger partial charge on any atom is -0.295 e. The van der Waals surface area contributed by atoms with Crippen LogP contribution in [0.3, 0.4) is 0 Å². The van der Waals surface area contributed by atoms with Crippen molar-refractivity contribution in [3.05, 3.63) is 41.5 Å². The molecule has 0 aliphatic heterocycles. The lowest BCUT2D eigenvalue weighted by atomic mass is 9.92. The lowest BCUT2D eigenvalue weighted by Gasteiger charge is -2.12. The molecule has 92 valence electrons. The highest BCUT2D eigenvalue weighted by Crippen LogP contribution is 2.19. The number of hydrogen-bond donors (Lipinski definition) is 0. The van der Waals surface area contributed by atoms with Gasteiger partial charge < -0.3 is 0 Å². The second-order valence-corrected chi connectivity index (χ2v) is 5.19. The lowest BCUT2D eigenvalue weighted by Crippen LogP contribution is -2.10. The van der Waals surface area contributed by atoms with E-state index in [0.29, 0.717) is 12.3 Å². The molecule has 1 nitrogen and oxygen atoms in total. The maximum atomic E-state index is 12.1. The quantitative estimate of drug-likeness (QED) is 0.688. The molecule has 0 saturated carbocycles. The second kappa shape index (κ2) is 6.39. The van der Waals surface area contributed by atoms with Crippen molar-refractivity contribution in [2.45, 2.75) is 34.1 Å². The minimum atomic E-state index is 0.277. The molecule has 0 N–H and O–H groups in total. The summed E-state index contributed by atoms with van der Waals surface area (Å²) in [5, 5.41) is 0. The van der Waals surface area contributed by atoms with E-state index >= 15 is 0 Å². The van der Waals surface area contributed by atoms with Gasteiger partial charge in [-0.15, -0.1) is 0 Å². The first-order chi connectivity index (χ1) is 8.00. The van der Waals surface area contributed by atoms with Crippen LogP contribution in [0.1, 0.15) is 39.7 Å². The summed E-state index contributed by atoms with van der Waals surface area (Å²) in [6.07, 6.45) is 2.66. The van der Waals surface area contributed by atoms with E-state index in [1.165, 1.54) is 0 Å². The van der Waals surface area contributed by atoms with Crippen molar-refractivity contribution < 1.29 is 4.79 Å². The average Bonchev–Trinajstić information content (AvgIpc) is 2.25. The molecule has 0 aromatic heterocycles. The molecule has 0 atom stereocenters. The van der Waals surface area contributed by atoms with Gasteiger partial charge in [0, 0.05) is 6.42 Å². The molecule has 1 heteroatoms. The van der Waals surface area contributed by atoms with Gasteiger partial charge in [0.25, 0.3) is 0 Å². The molecule has 0 aliphatic rings. The number of allylic oxidation sites excluding steroid dienone is 1. The third-order valence-electron chi connectivity index (χ3n) is 2.66. The van der Waals surface area contributed by atoms with Crippen molar-refractivity contribution in [3.8, 4) is 0 Å². The maximum absolute atomic E-state index is 12.1. The van der Waals surface area contributed by atoms with Crippen molar-refractivity contribution in [2.75, 3.05) is 0 Å². The van der Waals surface area contributed by atoms with Gasteiger partial charge in [0.05, 0.1) is 0 Å². The number of Topliss-reactive ketones (excluding diaryl/α,β-unsaturated/α-hetero) is 1. The summed E-state index contributed by atoms with van der Waals surface area (Å²) in [7, 11) is 0. The van der Waals surface area contributed by atoms with Crippen LogP contribution in [0.4, 0.5) is 0 Å². The molecule has 0 unspecified atom stereocenters. The number of benzene rings is 1. The van der Waals surface area contributed by atoms with Crippen molar-refractivity contribution in [3.63, 3.8) is 0 Å². The fourth-order valence-corrected chi connectivity index (χ4v) is 1.79. The first kappa shape index (κ1) is 13.7. The van der Waals surface area contributed by atoms with Crippen LogP contribution in [0.2, 0.25) is 0 Å². The van der Waals surface area contributed by atoms with Gasteiger partial charge in [0.15, 0.2) is 5.78 Å². The summed E-state index contributed by atoms with van der Waals surface area (Å²) >= 11 is 0. The van der Waals surface area contributed by atoms with Crippen molar-refractivity contribution in [1.29, 1.82) is 0 Å². The van der Waals surface area contributed by atoms with Gasteiger partial charge in [-0.05, 0) is 29.0 Å². The third kappa shape index (κ3) is 4.56. The van der Waals surface area contributed by atoms with Gasteiger partial charge >= 0.3 is 0 Å². The van der Waals surface area contributed by atoms with Crippen LogP contribution in [-0.4, -0.2) is 5.78 Å². The first-order valence-corrected chi connectivity index (χ1v) is 6.30. The third-order valence-corrected chi connectivity index (χ3v) is 2.66. The van der Waals surface area contributed by atoms with E-state index in [4.69, 9.17) is 0 Å². The van der Waals surface area contributed by atoms with E-state index in [2.05, 4.69) is 27.7 Å². The fraction of sp³-hybridized carbons (Fsp3) is 0.438. The SMILES string of the molecule is CC(C)CC(=O)C(=Cc1ccccc1)C(C)C. The van der Waals surface area contributed by atoms with Gasteiger partial charge in [-0.25, -0.2) is 0 Å². The molecular formula is C16H22O. The van der Waals surface area contributed by atoms with E-state index in [1.54, 1.807) is 0 Å². The molecule has 17 heavy (non-hydrogen) atoms. The highest BCUT2D eigenvalue weighted by Gasteiger charge is 2.14. The van der Waals surface area contributed by atoms with E-state index in [-0.39, 0.29) is 11.7 Å². The Hall–Kier alpha value is -1.37. The second-order valence-electron chi connectivity index (χ2n) is 5.19. The Morgan fingerprint density at radius 3 is 2.18 bits per heavy atom. The predicted octanol–water partition coefficient (Wildman–Crippen LogP) is 4.34. The van der Waals surface area contributed by atoms with Crippen LogP contribution >= 0.6 is 0 Å². The molecular weight excluding hydrogens is 208 g/mol. The highest BCUT2D eigenvalue weighted by atomic mass is 16.1. The minimum absolute atomic E-state index is 0.277. The number of carbonyl (C=O) groups is 1. The Balaban J connectivity index is 2.94. The van der Waals surface area contributed by atoms with E-state index in [0.717, 1.165) is 11.1 Å². The molecule has 1 rings (SSSR count). The highest BCUT2D eigenvalue weighted by molar-refractivity contribution is 5.99. The van der Waals surface area contributed by atoms with Gasteiger partial charge in [-0.1, -0.05) is 58.0 Å². The number of hydrogen-bond acceptors (Lipinski definition) is 1. The van der Waals surface area contributed by atoms with Crippen molar-refractivity contribution >= 4 is 11.9 Å². The van der Waals surface area contributed by atoms with Gasteiger partial charge in [-0.3, -0.25) is 4.79 Å². The molecule has 0 heterocycles. The van der Waals surface area contributed by atoms with Crippen LogP contribution in [0, 0.1) is 11.8 Å². The lowest BCUT2D eigenvalue weighted by molar-refractivity contribution is -0.116. The van der Waals surface area contributed by atoms with Crippen LogP contribution in [0.25, 0.3) is 6.08 Å². The van der Waals surface area contributed by atoms with E-state index < -0.39 is 0 Å². The summed E-state index contributed by atoms with van der Waals surface area (Å²) in [5.41, 5.74) is 2.04. The first-order valence-electron chi connectivity index (χ1n) is 6.30. The van der Waals surface area contributed by atoms with E-state index in [1.807, 2.05) is 36.4 Å². The normalized spacial score (nSPS) is 12.2. The number of carbonyl (C=O) groups excluding carboxylic acids is 1. The van der Waals surface area contributed by atoms with Gasteiger partial charge in [0.1, 0.15) is 0 Å². The van der Waals surface area contributed by atoms with Crippen LogP contribution < -0.4 is 0 Å². The molecule has 1 aromatic rings. The van der Waals surface area contributed by atoms with Gasteiger partial charge in [-0.2, -0.15) is 0 Å². The Morgan fingerprint density at radius 1 is 1.12 bits per heavy atom.